The topological polar surface area (TPSA) is 21.3 Å². The van der Waals surface area contributed by atoms with Gasteiger partial charge in [0.1, 0.15) is 11.6 Å². The summed E-state index contributed by atoms with van der Waals surface area (Å²) in [6, 6.07) is 5.01. The predicted molar refractivity (Wildman–Crippen MR) is 59.6 cm³/mol. The van der Waals surface area contributed by atoms with Crippen LogP contribution in [0, 0.1) is 5.82 Å². The molecule has 0 amide bonds. The molecule has 0 saturated carbocycles. The van der Waals surface area contributed by atoms with E-state index in [1.165, 1.54) is 12.1 Å². The Hall–Kier alpha value is -1.09. The van der Waals surface area contributed by atoms with Gasteiger partial charge in [0.15, 0.2) is 0 Å². The van der Waals surface area contributed by atoms with Gasteiger partial charge in [-0.2, -0.15) is 0 Å². The summed E-state index contributed by atoms with van der Waals surface area (Å²) >= 11 is 0. The van der Waals surface area contributed by atoms with Crippen molar-refractivity contribution in [1.82, 2.24) is 5.32 Å². The maximum absolute atomic E-state index is 13.1. The summed E-state index contributed by atoms with van der Waals surface area (Å²) < 4.78 is 18.3. The van der Waals surface area contributed by atoms with E-state index in [0.717, 1.165) is 11.3 Å². The van der Waals surface area contributed by atoms with Crippen molar-refractivity contribution in [2.24, 2.45) is 0 Å². The molecule has 84 valence electrons. The Labute approximate surface area is 90.4 Å². The normalized spacial score (nSPS) is 12.9. The van der Waals surface area contributed by atoms with Crippen LogP contribution in [0.1, 0.15) is 32.4 Å². The maximum atomic E-state index is 13.1. The van der Waals surface area contributed by atoms with Crippen molar-refractivity contribution in [2.75, 3.05) is 7.11 Å². The molecule has 1 aromatic rings. The molecule has 0 fully saturated rings. The van der Waals surface area contributed by atoms with Gasteiger partial charge in [0.05, 0.1) is 7.11 Å². The molecule has 0 aromatic heterocycles. The molecule has 0 heterocycles. The number of benzene rings is 1. The summed E-state index contributed by atoms with van der Waals surface area (Å²) in [5.41, 5.74) is 0.853. The largest absolute Gasteiger partial charge is 0.496 e. The van der Waals surface area contributed by atoms with E-state index < -0.39 is 0 Å². The molecule has 3 heteroatoms. The summed E-state index contributed by atoms with van der Waals surface area (Å²) in [4.78, 5) is 0. The van der Waals surface area contributed by atoms with Crippen LogP contribution >= 0.6 is 0 Å². The molecule has 0 saturated heterocycles. The zero-order valence-corrected chi connectivity index (χ0v) is 9.67. The number of halogens is 1. The number of ether oxygens (including phenoxy) is 1. The van der Waals surface area contributed by atoms with Crippen molar-refractivity contribution in [3.63, 3.8) is 0 Å². The first-order valence-electron chi connectivity index (χ1n) is 5.14. The molecule has 2 nitrogen and oxygen atoms in total. The molecule has 1 rings (SSSR count). The smallest absolute Gasteiger partial charge is 0.123 e. The summed E-state index contributed by atoms with van der Waals surface area (Å²) in [6.45, 7) is 6.11. The van der Waals surface area contributed by atoms with E-state index in [4.69, 9.17) is 4.74 Å². The second-order valence-corrected chi connectivity index (χ2v) is 3.93. The van der Waals surface area contributed by atoms with Crippen molar-refractivity contribution >= 4 is 0 Å². The molecular formula is C12H18FNO. The fourth-order valence-electron chi connectivity index (χ4n) is 1.63. The fraction of sp³-hybridized carbons (Fsp3) is 0.500. The van der Waals surface area contributed by atoms with Gasteiger partial charge in [0.25, 0.3) is 0 Å². The molecule has 1 aromatic carbocycles. The van der Waals surface area contributed by atoms with Gasteiger partial charge in [0.2, 0.25) is 0 Å². The number of rotatable bonds is 4. The summed E-state index contributed by atoms with van der Waals surface area (Å²) in [5.74, 6) is 0.486. The van der Waals surface area contributed by atoms with Gasteiger partial charge >= 0.3 is 0 Å². The Kier molecular flexibility index (Phi) is 4.09. The van der Waals surface area contributed by atoms with Crippen LogP contribution in [0.2, 0.25) is 0 Å². The van der Waals surface area contributed by atoms with E-state index in [1.807, 2.05) is 6.92 Å². The van der Waals surface area contributed by atoms with E-state index in [2.05, 4.69) is 19.2 Å². The third-order valence-electron chi connectivity index (χ3n) is 2.24. The van der Waals surface area contributed by atoms with E-state index >= 15 is 0 Å². The molecule has 0 aliphatic rings. The third kappa shape index (κ3) is 3.20. The Morgan fingerprint density at radius 1 is 1.27 bits per heavy atom. The van der Waals surface area contributed by atoms with Gasteiger partial charge in [-0.15, -0.1) is 0 Å². The second kappa shape index (κ2) is 5.12. The summed E-state index contributed by atoms with van der Waals surface area (Å²) in [6.07, 6.45) is 0. The Balaban J connectivity index is 2.94. The van der Waals surface area contributed by atoms with Gasteiger partial charge in [-0.25, -0.2) is 4.39 Å². The van der Waals surface area contributed by atoms with Gasteiger partial charge in [0, 0.05) is 17.6 Å². The highest BCUT2D eigenvalue weighted by Gasteiger charge is 2.12. The molecule has 0 bridgehead atoms. The number of nitrogens with one attached hydrogen (secondary N) is 1. The van der Waals surface area contributed by atoms with Crippen LogP contribution in [-0.2, 0) is 0 Å². The first-order valence-corrected chi connectivity index (χ1v) is 5.14. The molecule has 0 aliphatic carbocycles. The van der Waals surface area contributed by atoms with E-state index in [1.54, 1.807) is 13.2 Å². The number of methoxy groups -OCH3 is 1. The van der Waals surface area contributed by atoms with Crippen LogP contribution < -0.4 is 10.1 Å². The van der Waals surface area contributed by atoms with Crippen LogP contribution in [0.3, 0.4) is 0 Å². The maximum Gasteiger partial charge on any atom is 0.123 e. The van der Waals surface area contributed by atoms with Crippen molar-refractivity contribution in [3.8, 4) is 5.75 Å². The average molecular weight is 211 g/mol. The lowest BCUT2D eigenvalue weighted by Gasteiger charge is -2.19. The first-order chi connectivity index (χ1) is 7.04. The summed E-state index contributed by atoms with van der Waals surface area (Å²) in [5, 5.41) is 3.31. The third-order valence-corrected chi connectivity index (χ3v) is 2.24. The monoisotopic (exact) mass is 211 g/mol. The summed E-state index contributed by atoms with van der Waals surface area (Å²) in [7, 11) is 1.60. The van der Waals surface area contributed by atoms with Crippen molar-refractivity contribution < 1.29 is 9.13 Å². The van der Waals surface area contributed by atoms with Gasteiger partial charge < -0.3 is 10.1 Å². The Bertz CT molecular complexity index is 325. The molecule has 1 N–H and O–H groups in total. The molecular weight excluding hydrogens is 193 g/mol. The lowest BCUT2D eigenvalue weighted by molar-refractivity contribution is 0.396. The van der Waals surface area contributed by atoms with Crippen LogP contribution in [0.5, 0.6) is 5.75 Å². The minimum absolute atomic E-state index is 0.0793. The number of hydrogen-bond donors (Lipinski definition) is 1. The second-order valence-electron chi connectivity index (χ2n) is 3.93. The lowest BCUT2D eigenvalue weighted by Crippen LogP contribution is -2.26. The minimum Gasteiger partial charge on any atom is -0.496 e. The van der Waals surface area contributed by atoms with Crippen molar-refractivity contribution in [3.05, 3.63) is 29.6 Å². The minimum atomic E-state index is -0.233. The lowest BCUT2D eigenvalue weighted by atomic mass is 10.1. The molecule has 0 radical (unpaired) electrons. The number of hydrogen-bond acceptors (Lipinski definition) is 2. The highest BCUT2D eigenvalue weighted by molar-refractivity contribution is 5.36. The Morgan fingerprint density at radius 3 is 2.47 bits per heavy atom. The van der Waals surface area contributed by atoms with Crippen LogP contribution in [-0.4, -0.2) is 13.2 Å². The van der Waals surface area contributed by atoms with E-state index in [-0.39, 0.29) is 11.9 Å². The van der Waals surface area contributed by atoms with Crippen LogP contribution in [0.15, 0.2) is 18.2 Å². The van der Waals surface area contributed by atoms with Crippen molar-refractivity contribution in [1.29, 1.82) is 0 Å². The highest BCUT2D eigenvalue weighted by Crippen LogP contribution is 2.25. The Morgan fingerprint density at radius 2 is 1.93 bits per heavy atom. The first kappa shape index (κ1) is 12.0. The van der Waals surface area contributed by atoms with E-state index in [9.17, 15) is 4.39 Å². The van der Waals surface area contributed by atoms with Crippen molar-refractivity contribution in [2.45, 2.75) is 32.9 Å². The average Bonchev–Trinajstić information content (AvgIpc) is 2.16. The molecule has 1 atom stereocenters. The van der Waals surface area contributed by atoms with E-state index in [0.29, 0.717) is 6.04 Å². The SMILES string of the molecule is COc1ccc(F)cc1C(C)NC(C)C. The standard InChI is InChI=1S/C12H18FNO/c1-8(2)14-9(3)11-7-10(13)5-6-12(11)15-4/h5-9,14H,1-4H3. The zero-order valence-electron chi connectivity index (χ0n) is 9.67. The predicted octanol–water partition coefficient (Wildman–Crippen LogP) is 2.89. The molecule has 1 unspecified atom stereocenters. The molecule has 0 spiro atoms. The molecule has 15 heavy (non-hydrogen) atoms. The van der Waals surface area contributed by atoms with Gasteiger partial charge in [-0.05, 0) is 25.1 Å². The quantitative estimate of drug-likeness (QED) is 0.826. The van der Waals surface area contributed by atoms with Gasteiger partial charge in [-0.3, -0.25) is 0 Å². The van der Waals surface area contributed by atoms with Crippen LogP contribution in [0.4, 0.5) is 4.39 Å². The highest BCUT2D eigenvalue weighted by atomic mass is 19.1. The fourth-order valence-corrected chi connectivity index (χ4v) is 1.63. The molecule has 0 aliphatic heterocycles. The van der Waals surface area contributed by atoms with Crippen LogP contribution in [0.25, 0.3) is 0 Å². The zero-order chi connectivity index (χ0) is 11.4. The van der Waals surface area contributed by atoms with Gasteiger partial charge in [-0.1, -0.05) is 13.8 Å².